The lowest BCUT2D eigenvalue weighted by atomic mass is 9.89. The number of likely N-dealkylation sites (N-methyl/N-ethyl adjacent to an activating group) is 1. The van der Waals surface area contributed by atoms with Crippen LogP contribution in [0, 0.1) is 6.92 Å². The van der Waals surface area contributed by atoms with E-state index in [0.717, 1.165) is 36.2 Å². The molecule has 0 N–H and O–H groups in total. The molecular weight excluding hydrogens is 304 g/mol. The van der Waals surface area contributed by atoms with Crippen molar-refractivity contribution in [1.82, 2.24) is 19.4 Å². The van der Waals surface area contributed by atoms with Crippen molar-refractivity contribution >= 4 is 11.3 Å². The minimum atomic E-state index is 0.319. The first-order valence-corrected chi connectivity index (χ1v) is 8.77. The molecule has 0 aliphatic carbocycles. The smallest absolute Gasteiger partial charge is 0.117 e. The van der Waals surface area contributed by atoms with Gasteiger partial charge in [-0.1, -0.05) is 24.3 Å². The molecule has 3 heterocycles. The Labute approximate surface area is 140 Å². The molecule has 0 saturated carbocycles. The largest absolute Gasteiger partial charge is 0.328 e. The van der Waals surface area contributed by atoms with Crippen LogP contribution in [0.15, 0.2) is 42.0 Å². The Morgan fingerprint density at radius 2 is 2.17 bits per heavy atom. The predicted molar refractivity (Wildman–Crippen MR) is 92.8 cm³/mol. The lowest BCUT2D eigenvalue weighted by molar-refractivity contribution is 0.289. The molecule has 0 fully saturated rings. The maximum atomic E-state index is 4.69. The van der Waals surface area contributed by atoms with Crippen LogP contribution in [0.3, 0.4) is 0 Å². The molecule has 2 aromatic heterocycles. The lowest BCUT2D eigenvalue weighted by Crippen LogP contribution is -2.32. The maximum absolute atomic E-state index is 4.69. The van der Waals surface area contributed by atoms with E-state index in [-0.39, 0.29) is 0 Å². The van der Waals surface area contributed by atoms with Gasteiger partial charge >= 0.3 is 0 Å². The summed E-state index contributed by atoms with van der Waals surface area (Å²) in [6, 6.07) is 8.74. The van der Waals surface area contributed by atoms with Crippen molar-refractivity contribution in [2.24, 2.45) is 0 Å². The van der Waals surface area contributed by atoms with Crippen LogP contribution < -0.4 is 0 Å². The van der Waals surface area contributed by atoms with Gasteiger partial charge in [0.05, 0.1) is 23.2 Å². The normalized spacial score (nSPS) is 18.1. The fourth-order valence-electron chi connectivity index (χ4n) is 3.42. The van der Waals surface area contributed by atoms with Crippen LogP contribution in [0.1, 0.15) is 33.6 Å². The highest BCUT2D eigenvalue weighted by Gasteiger charge is 2.27. The predicted octanol–water partition coefficient (Wildman–Crippen LogP) is 3.27. The van der Waals surface area contributed by atoms with Crippen molar-refractivity contribution in [3.63, 3.8) is 0 Å². The summed E-state index contributed by atoms with van der Waals surface area (Å²) in [4.78, 5) is 11.7. The van der Waals surface area contributed by atoms with Gasteiger partial charge in [0, 0.05) is 30.9 Å². The second-order valence-electron chi connectivity index (χ2n) is 6.22. The molecule has 0 bridgehead atoms. The fourth-order valence-corrected chi connectivity index (χ4v) is 4.03. The number of rotatable bonds is 3. The molecule has 118 valence electrons. The number of imidazole rings is 1. The molecule has 1 aromatic carbocycles. The molecule has 1 atom stereocenters. The number of hydrogen-bond acceptors (Lipinski definition) is 4. The number of thiazole rings is 1. The van der Waals surface area contributed by atoms with E-state index in [2.05, 4.69) is 69.2 Å². The quantitative estimate of drug-likeness (QED) is 0.741. The Hall–Kier alpha value is -1.98. The zero-order valence-electron chi connectivity index (χ0n) is 13.4. The number of benzene rings is 1. The van der Waals surface area contributed by atoms with Gasteiger partial charge in [0.15, 0.2) is 0 Å². The molecule has 3 aromatic rings. The molecule has 0 unspecified atom stereocenters. The fraction of sp³-hybridized carbons (Fsp3) is 0.333. The Kier molecular flexibility index (Phi) is 3.75. The first-order chi connectivity index (χ1) is 11.2. The van der Waals surface area contributed by atoms with Crippen LogP contribution >= 0.6 is 11.3 Å². The summed E-state index contributed by atoms with van der Waals surface area (Å²) >= 11 is 1.70. The Balaban J connectivity index is 1.70. The maximum Gasteiger partial charge on any atom is 0.117 e. The molecule has 1 aliphatic heterocycles. The lowest BCUT2D eigenvalue weighted by Gasteiger charge is -2.32. The molecule has 5 heteroatoms. The highest BCUT2D eigenvalue weighted by Crippen LogP contribution is 2.32. The number of fused-ring (bicyclic) bond motifs is 1. The molecule has 0 spiro atoms. The minimum Gasteiger partial charge on any atom is -0.328 e. The van der Waals surface area contributed by atoms with Crippen LogP contribution in [0.25, 0.3) is 0 Å². The van der Waals surface area contributed by atoms with Gasteiger partial charge in [-0.25, -0.2) is 9.97 Å². The van der Waals surface area contributed by atoms with E-state index in [1.807, 2.05) is 6.20 Å². The van der Waals surface area contributed by atoms with Crippen molar-refractivity contribution in [1.29, 1.82) is 0 Å². The summed E-state index contributed by atoms with van der Waals surface area (Å²) in [7, 11) is 2.18. The minimum absolute atomic E-state index is 0.319. The van der Waals surface area contributed by atoms with Gasteiger partial charge in [0.1, 0.15) is 5.82 Å². The van der Waals surface area contributed by atoms with E-state index in [9.17, 15) is 0 Å². The standard InChI is InChI=1S/C18H20N4S/c1-13-20-15(12-23-13)10-22-8-7-19-18(22)17-11-21(2)9-14-5-3-4-6-16(14)17/h3-8,12,17H,9-11H2,1-2H3/t17-/m0/s1. The first kappa shape index (κ1) is 14.6. The van der Waals surface area contributed by atoms with Crippen molar-refractivity contribution in [3.05, 3.63) is 69.7 Å². The third-order valence-electron chi connectivity index (χ3n) is 4.42. The van der Waals surface area contributed by atoms with Crippen molar-refractivity contribution in [2.45, 2.75) is 25.9 Å². The van der Waals surface area contributed by atoms with Crippen LogP contribution in [-0.4, -0.2) is 33.0 Å². The number of hydrogen-bond donors (Lipinski definition) is 0. The van der Waals surface area contributed by atoms with E-state index in [1.165, 1.54) is 11.1 Å². The van der Waals surface area contributed by atoms with Gasteiger partial charge in [-0.05, 0) is 25.1 Å². The summed E-state index contributed by atoms with van der Waals surface area (Å²) in [6.07, 6.45) is 3.98. The second-order valence-corrected chi connectivity index (χ2v) is 7.28. The first-order valence-electron chi connectivity index (χ1n) is 7.89. The molecule has 0 radical (unpaired) electrons. The topological polar surface area (TPSA) is 34.0 Å². The Bertz CT molecular complexity index is 820. The summed E-state index contributed by atoms with van der Waals surface area (Å²) in [5, 5.41) is 3.25. The average Bonchev–Trinajstić information content (AvgIpc) is 3.16. The van der Waals surface area contributed by atoms with Crippen molar-refractivity contribution in [3.8, 4) is 0 Å². The molecule has 0 saturated heterocycles. The monoisotopic (exact) mass is 324 g/mol. The van der Waals surface area contributed by atoms with Crippen LogP contribution in [0.5, 0.6) is 0 Å². The van der Waals surface area contributed by atoms with Gasteiger partial charge in [0.25, 0.3) is 0 Å². The molecule has 4 rings (SSSR count). The number of nitrogens with zero attached hydrogens (tertiary/aromatic N) is 4. The van der Waals surface area contributed by atoms with Crippen LogP contribution in [0.2, 0.25) is 0 Å². The summed E-state index contributed by atoms with van der Waals surface area (Å²) in [5.74, 6) is 1.45. The van der Waals surface area contributed by atoms with Crippen LogP contribution in [0.4, 0.5) is 0 Å². The summed E-state index contributed by atoms with van der Waals surface area (Å²) < 4.78 is 2.25. The van der Waals surface area contributed by atoms with Gasteiger partial charge in [-0.15, -0.1) is 11.3 Å². The van der Waals surface area contributed by atoms with Gasteiger partial charge in [-0.2, -0.15) is 0 Å². The number of aryl methyl sites for hydroxylation is 1. The van der Waals surface area contributed by atoms with Gasteiger partial charge in [-0.3, -0.25) is 0 Å². The summed E-state index contributed by atoms with van der Waals surface area (Å²) in [6.45, 7) is 4.86. The zero-order chi connectivity index (χ0) is 15.8. The SMILES string of the molecule is Cc1nc(Cn2ccnc2[C@H]2CN(C)Cc3ccccc32)cs1. The third kappa shape index (κ3) is 2.82. The molecular formula is C18H20N4S. The zero-order valence-corrected chi connectivity index (χ0v) is 14.3. The van der Waals surface area contributed by atoms with Crippen molar-refractivity contribution < 1.29 is 0 Å². The van der Waals surface area contributed by atoms with Crippen LogP contribution in [-0.2, 0) is 13.1 Å². The Morgan fingerprint density at radius 3 is 3.00 bits per heavy atom. The van der Waals surface area contributed by atoms with E-state index in [4.69, 9.17) is 0 Å². The molecule has 0 amide bonds. The Morgan fingerprint density at radius 1 is 1.30 bits per heavy atom. The summed E-state index contributed by atoms with van der Waals surface area (Å²) in [5.41, 5.74) is 3.93. The van der Waals surface area contributed by atoms with Gasteiger partial charge in [0.2, 0.25) is 0 Å². The number of aromatic nitrogens is 3. The average molecular weight is 324 g/mol. The van der Waals surface area contributed by atoms with Crippen molar-refractivity contribution in [2.75, 3.05) is 13.6 Å². The highest BCUT2D eigenvalue weighted by atomic mass is 32.1. The van der Waals surface area contributed by atoms with E-state index >= 15 is 0 Å². The van der Waals surface area contributed by atoms with E-state index < -0.39 is 0 Å². The molecule has 23 heavy (non-hydrogen) atoms. The molecule has 1 aliphatic rings. The van der Waals surface area contributed by atoms with E-state index in [1.54, 1.807) is 11.3 Å². The third-order valence-corrected chi connectivity index (χ3v) is 5.25. The highest BCUT2D eigenvalue weighted by molar-refractivity contribution is 7.09. The van der Waals surface area contributed by atoms with E-state index in [0.29, 0.717) is 5.92 Å². The van der Waals surface area contributed by atoms with Gasteiger partial charge < -0.3 is 9.47 Å². The second kappa shape index (κ2) is 5.91. The molecule has 4 nitrogen and oxygen atoms in total.